The highest BCUT2D eigenvalue weighted by Crippen LogP contribution is 2.26. The van der Waals surface area contributed by atoms with Gasteiger partial charge in [-0.15, -0.1) is 0 Å². The first-order valence-corrected chi connectivity index (χ1v) is 10.6. The van der Waals surface area contributed by atoms with E-state index < -0.39 is 17.6 Å². The molecule has 0 aliphatic heterocycles. The fraction of sp³-hybridized carbons (Fsp3) is 0.115. The van der Waals surface area contributed by atoms with E-state index in [1.807, 2.05) is 13.0 Å². The van der Waals surface area contributed by atoms with Gasteiger partial charge in [-0.05, 0) is 49.7 Å². The molecule has 0 spiro atoms. The van der Waals surface area contributed by atoms with Crippen molar-refractivity contribution in [3.8, 4) is 5.75 Å². The number of amides is 1. The Labute approximate surface area is 194 Å². The fourth-order valence-corrected chi connectivity index (χ4v) is 3.60. The third-order valence-electron chi connectivity index (χ3n) is 5.12. The average molecular weight is 462 g/mol. The number of carbonyl (C=O) groups excluding carboxylic acids is 2. The summed E-state index contributed by atoms with van der Waals surface area (Å²) in [6.45, 7) is 3.40. The lowest BCUT2D eigenvalue weighted by molar-refractivity contribution is -0.122. The highest BCUT2D eigenvalue weighted by Gasteiger charge is 2.20. The predicted octanol–water partition coefficient (Wildman–Crippen LogP) is 5.39. The molecular weight excluding hydrogens is 442 g/mol. The van der Waals surface area contributed by atoms with Crippen LogP contribution in [-0.4, -0.2) is 17.8 Å². The zero-order valence-corrected chi connectivity index (χ0v) is 18.7. The Morgan fingerprint density at radius 1 is 1.00 bits per heavy atom. The summed E-state index contributed by atoms with van der Waals surface area (Å²) in [7, 11) is 0. The minimum Gasteiger partial charge on any atom is -0.481 e. The summed E-state index contributed by atoms with van der Waals surface area (Å²) in [5.74, 6) is -0.345. The van der Waals surface area contributed by atoms with E-state index in [0.717, 1.165) is 10.9 Å². The number of ketones is 1. The summed E-state index contributed by atoms with van der Waals surface area (Å²) in [4.78, 5) is 37.4. The molecule has 0 aliphatic carbocycles. The van der Waals surface area contributed by atoms with Gasteiger partial charge in [-0.1, -0.05) is 41.9 Å². The second-order valence-electron chi connectivity index (χ2n) is 7.54. The minimum absolute atomic E-state index is 0.262. The molecule has 3 aromatic carbocycles. The monoisotopic (exact) mass is 461 g/mol. The summed E-state index contributed by atoms with van der Waals surface area (Å²) in [5, 5.41) is 3.91. The lowest BCUT2D eigenvalue weighted by Crippen LogP contribution is -2.30. The number of ether oxygens (including phenoxy) is 1. The van der Waals surface area contributed by atoms with Crippen molar-refractivity contribution in [2.45, 2.75) is 20.0 Å². The van der Waals surface area contributed by atoms with E-state index in [0.29, 0.717) is 27.6 Å². The molecule has 1 amide bonds. The van der Waals surface area contributed by atoms with E-state index in [2.05, 4.69) is 5.32 Å². The highest BCUT2D eigenvalue weighted by molar-refractivity contribution is 6.31. The van der Waals surface area contributed by atoms with Crippen LogP contribution in [0.2, 0.25) is 5.02 Å². The molecule has 1 N–H and O–H groups in total. The maximum absolute atomic E-state index is 13.0. The molecule has 0 saturated heterocycles. The minimum atomic E-state index is -0.894. The molecule has 6 nitrogen and oxygen atoms in total. The Bertz CT molecular complexity index is 1410. The molecule has 0 unspecified atom stereocenters. The van der Waals surface area contributed by atoms with Crippen molar-refractivity contribution in [2.75, 3.05) is 5.32 Å². The number of hydrogen-bond donors (Lipinski definition) is 1. The molecule has 33 heavy (non-hydrogen) atoms. The summed E-state index contributed by atoms with van der Waals surface area (Å²) < 4.78 is 11.0. The normalized spacial score (nSPS) is 11.7. The summed E-state index contributed by atoms with van der Waals surface area (Å²) in [5.41, 5.74) is 1.79. The third kappa shape index (κ3) is 4.96. The van der Waals surface area contributed by atoms with Crippen LogP contribution in [0.3, 0.4) is 0 Å². The Kier molecular flexibility index (Phi) is 6.29. The maximum atomic E-state index is 13.0. The first-order chi connectivity index (χ1) is 15.8. The van der Waals surface area contributed by atoms with Gasteiger partial charge in [-0.2, -0.15) is 0 Å². The summed E-state index contributed by atoms with van der Waals surface area (Å²) >= 11 is 6.10. The van der Waals surface area contributed by atoms with Gasteiger partial charge in [-0.3, -0.25) is 9.59 Å². The Hall–Kier alpha value is -3.90. The lowest BCUT2D eigenvalue weighted by atomic mass is 10.0. The van der Waals surface area contributed by atoms with Crippen LogP contribution in [0.5, 0.6) is 5.75 Å². The first-order valence-electron chi connectivity index (χ1n) is 10.2. The molecule has 0 fully saturated rings. The van der Waals surface area contributed by atoms with Crippen molar-refractivity contribution in [2.24, 2.45) is 0 Å². The van der Waals surface area contributed by atoms with Gasteiger partial charge in [-0.25, -0.2) is 4.79 Å². The van der Waals surface area contributed by atoms with Gasteiger partial charge in [0.05, 0.1) is 5.69 Å². The largest absolute Gasteiger partial charge is 0.481 e. The Morgan fingerprint density at radius 3 is 2.52 bits per heavy atom. The molecule has 0 aliphatic rings. The Balaban J connectivity index is 1.54. The van der Waals surface area contributed by atoms with E-state index in [-0.39, 0.29) is 11.3 Å². The lowest BCUT2D eigenvalue weighted by Gasteiger charge is -2.17. The third-order valence-corrected chi connectivity index (χ3v) is 5.36. The molecule has 0 bridgehead atoms. The topological polar surface area (TPSA) is 85.6 Å². The number of hydrogen-bond acceptors (Lipinski definition) is 5. The van der Waals surface area contributed by atoms with Gasteiger partial charge in [0.15, 0.2) is 11.9 Å². The van der Waals surface area contributed by atoms with Gasteiger partial charge in [0.2, 0.25) is 0 Å². The van der Waals surface area contributed by atoms with E-state index >= 15 is 0 Å². The molecular formula is C26H20ClNO5. The van der Waals surface area contributed by atoms with Crippen LogP contribution in [0.1, 0.15) is 28.4 Å². The SMILES string of the molecule is Cc1cc(=O)oc2cc(O[C@@H](C)C(=O)Nc3ccc(Cl)cc3C(=O)c3ccccc3)ccc12. The molecule has 1 heterocycles. The van der Waals surface area contributed by atoms with Crippen molar-refractivity contribution in [3.05, 3.63) is 105 Å². The van der Waals surface area contributed by atoms with E-state index in [9.17, 15) is 14.4 Å². The van der Waals surface area contributed by atoms with Crippen molar-refractivity contribution in [1.82, 2.24) is 0 Å². The molecule has 1 aromatic heterocycles. The number of aryl methyl sites for hydroxylation is 1. The number of nitrogens with one attached hydrogen (secondary N) is 1. The van der Waals surface area contributed by atoms with Crippen molar-refractivity contribution < 1.29 is 18.7 Å². The predicted molar refractivity (Wildman–Crippen MR) is 127 cm³/mol. The highest BCUT2D eigenvalue weighted by atomic mass is 35.5. The zero-order chi connectivity index (χ0) is 23.5. The number of benzene rings is 3. The van der Waals surface area contributed by atoms with Crippen molar-refractivity contribution in [3.63, 3.8) is 0 Å². The van der Waals surface area contributed by atoms with Crippen molar-refractivity contribution in [1.29, 1.82) is 0 Å². The molecule has 7 heteroatoms. The quantitative estimate of drug-likeness (QED) is 0.307. The van der Waals surface area contributed by atoms with Gasteiger partial charge < -0.3 is 14.5 Å². The van der Waals surface area contributed by atoms with Crippen LogP contribution in [-0.2, 0) is 4.79 Å². The number of fused-ring (bicyclic) bond motifs is 1. The van der Waals surface area contributed by atoms with Crippen LogP contribution in [0.4, 0.5) is 5.69 Å². The summed E-state index contributed by atoms with van der Waals surface area (Å²) in [6.07, 6.45) is -0.894. The number of rotatable bonds is 6. The average Bonchev–Trinajstić information content (AvgIpc) is 2.80. The molecule has 4 aromatic rings. The standard InChI is InChI=1S/C26H20ClNO5/c1-15-12-24(29)33-23-14-19(9-10-20(15)23)32-16(2)26(31)28-22-11-8-18(27)13-21(22)25(30)17-6-4-3-5-7-17/h3-14,16H,1-2H3,(H,28,31)/t16-/m0/s1. The van der Waals surface area contributed by atoms with Gasteiger partial charge in [0.1, 0.15) is 11.3 Å². The van der Waals surface area contributed by atoms with Gasteiger partial charge in [0, 0.05) is 33.7 Å². The van der Waals surface area contributed by atoms with Gasteiger partial charge in [0.25, 0.3) is 5.91 Å². The number of halogens is 1. The number of carbonyl (C=O) groups is 2. The van der Waals surface area contributed by atoms with Crippen LogP contribution >= 0.6 is 11.6 Å². The van der Waals surface area contributed by atoms with Gasteiger partial charge >= 0.3 is 5.63 Å². The second kappa shape index (κ2) is 9.30. The van der Waals surface area contributed by atoms with Crippen LogP contribution in [0.25, 0.3) is 11.0 Å². The van der Waals surface area contributed by atoms with Crippen molar-refractivity contribution >= 4 is 39.9 Å². The fourth-order valence-electron chi connectivity index (χ4n) is 3.43. The maximum Gasteiger partial charge on any atom is 0.336 e. The molecule has 1 atom stereocenters. The van der Waals surface area contributed by atoms with Crippen LogP contribution in [0, 0.1) is 6.92 Å². The molecule has 0 saturated carbocycles. The Morgan fingerprint density at radius 2 is 1.76 bits per heavy atom. The number of anilines is 1. The smallest absolute Gasteiger partial charge is 0.336 e. The first kappa shape index (κ1) is 22.3. The zero-order valence-electron chi connectivity index (χ0n) is 17.9. The second-order valence-corrected chi connectivity index (χ2v) is 7.98. The van der Waals surface area contributed by atoms with Crippen LogP contribution in [0.15, 0.2) is 82.0 Å². The summed E-state index contributed by atoms with van der Waals surface area (Å²) in [6, 6.07) is 19.9. The molecule has 166 valence electrons. The van der Waals surface area contributed by atoms with E-state index in [1.54, 1.807) is 61.5 Å². The molecule has 4 rings (SSSR count). The van der Waals surface area contributed by atoms with E-state index in [1.165, 1.54) is 12.1 Å². The van der Waals surface area contributed by atoms with E-state index in [4.69, 9.17) is 20.8 Å². The van der Waals surface area contributed by atoms with Crippen LogP contribution < -0.4 is 15.7 Å². The molecule has 0 radical (unpaired) electrons.